The summed E-state index contributed by atoms with van der Waals surface area (Å²) in [4.78, 5) is 10.6. The quantitative estimate of drug-likeness (QED) is 0.512. The summed E-state index contributed by atoms with van der Waals surface area (Å²) in [7, 11) is 0. The Morgan fingerprint density at radius 1 is 1.70 bits per heavy atom. The van der Waals surface area contributed by atoms with E-state index in [2.05, 4.69) is 0 Å². The third kappa shape index (κ3) is 1.18. The van der Waals surface area contributed by atoms with Gasteiger partial charge in [-0.1, -0.05) is 0 Å². The maximum Gasteiger partial charge on any atom is 0.191 e. The van der Waals surface area contributed by atoms with E-state index in [0.29, 0.717) is 6.42 Å². The summed E-state index contributed by atoms with van der Waals surface area (Å²) in [6.45, 7) is 1.15. The smallest absolute Gasteiger partial charge is 0.191 e. The van der Waals surface area contributed by atoms with Gasteiger partial charge in [0, 0.05) is 6.42 Å². The molecule has 0 radical (unpaired) electrons. The summed E-state index contributed by atoms with van der Waals surface area (Å²) >= 11 is 0. The molecular weight excluding hydrogens is 138 g/mol. The van der Waals surface area contributed by atoms with Crippen LogP contribution in [0, 0.1) is 0 Å². The van der Waals surface area contributed by atoms with Crippen LogP contribution in [0.4, 0.5) is 8.78 Å². The zero-order chi connectivity index (χ0) is 7.78. The van der Waals surface area contributed by atoms with Gasteiger partial charge in [0.15, 0.2) is 12.0 Å². The number of ketones is 1. The van der Waals surface area contributed by atoms with Crippen LogP contribution in [0.25, 0.3) is 0 Å². The average molecular weight is 148 g/mol. The molecule has 0 bridgehead atoms. The highest BCUT2D eigenvalue weighted by Gasteiger charge is 2.42. The van der Waals surface area contributed by atoms with E-state index < -0.39 is 17.6 Å². The van der Waals surface area contributed by atoms with Crippen molar-refractivity contribution in [3.63, 3.8) is 0 Å². The molecule has 0 aromatic carbocycles. The molecule has 1 rings (SSSR count). The molecule has 0 saturated heterocycles. The molecule has 0 aliphatic heterocycles. The Hall–Kier alpha value is -0.470. The lowest BCUT2D eigenvalue weighted by molar-refractivity contribution is -0.132. The molecule has 1 nitrogen and oxygen atoms in total. The topological polar surface area (TPSA) is 17.1 Å². The van der Waals surface area contributed by atoms with E-state index in [1.54, 1.807) is 0 Å². The van der Waals surface area contributed by atoms with E-state index in [1.807, 2.05) is 0 Å². The predicted molar refractivity (Wildman–Crippen MR) is 33.3 cm³/mol. The normalized spacial score (nSPS) is 41.9. The van der Waals surface area contributed by atoms with Crippen LogP contribution in [0.2, 0.25) is 0 Å². The lowest BCUT2D eigenvalue weighted by atomic mass is 9.85. The molecule has 0 aromatic rings. The van der Waals surface area contributed by atoms with Crippen molar-refractivity contribution in [3.05, 3.63) is 0 Å². The van der Waals surface area contributed by atoms with Crippen molar-refractivity contribution < 1.29 is 13.6 Å². The summed E-state index contributed by atoms with van der Waals surface area (Å²) in [6, 6.07) is 0. The number of alkyl halides is 2. The molecule has 1 aliphatic rings. The van der Waals surface area contributed by atoms with Gasteiger partial charge in [0.25, 0.3) is 0 Å². The fourth-order valence-corrected chi connectivity index (χ4v) is 1.20. The summed E-state index contributed by atoms with van der Waals surface area (Å²) in [6.07, 6.45) is -1.05. The van der Waals surface area contributed by atoms with Crippen molar-refractivity contribution >= 4 is 5.78 Å². The van der Waals surface area contributed by atoms with Crippen LogP contribution < -0.4 is 0 Å². The Morgan fingerprint density at radius 2 is 2.30 bits per heavy atom. The molecule has 3 heteroatoms. The standard InChI is InChI=1S/C7H10F2O/c1-7(9)4-2-3-5(10)6(7)8/h6H,2-4H2,1H3/t6-,7-/m1/s1. The second kappa shape index (κ2) is 2.29. The summed E-state index contributed by atoms with van der Waals surface area (Å²) in [5.41, 5.74) is -1.91. The Bertz CT molecular complexity index is 154. The summed E-state index contributed by atoms with van der Waals surface area (Å²) in [5.74, 6) is -0.587. The van der Waals surface area contributed by atoms with Crippen molar-refractivity contribution in [2.45, 2.75) is 38.0 Å². The number of hydrogen-bond donors (Lipinski definition) is 0. The van der Waals surface area contributed by atoms with Gasteiger partial charge in [0.2, 0.25) is 0 Å². The molecule has 0 N–H and O–H groups in total. The van der Waals surface area contributed by atoms with E-state index in [-0.39, 0.29) is 12.8 Å². The third-order valence-corrected chi connectivity index (χ3v) is 1.90. The zero-order valence-corrected chi connectivity index (χ0v) is 5.86. The zero-order valence-electron chi connectivity index (χ0n) is 5.86. The number of Topliss-reactive ketones (excluding diaryl/α,β-unsaturated/α-hetero) is 1. The van der Waals surface area contributed by atoms with E-state index in [0.717, 1.165) is 6.92 Å². The average Bonchev–Trinajstić information content (AvgIpc) is 1.83. The first kappa shape index (κ1) is 7.63. The second-order valence-corrected chi connectivity index (χ2v) is 2.96. The monoisotopic (exact) mass is 148 g/mol. The van der Waals surface area contributed by atoms with Crippen molar-refractivity contribution in [1.29, 1.82) is 0 Å². The van der Waals surface area contributed by atoms with Gasteiger partial charge in [0.05, 0.1) is 0 Å². The van der Waals surface area contributed by atoms with Gasteiger partial charge in [-0.25, -0.2) is 8.78 Å². The van der Waals surface area contributed by atoms with Crippen LogP contribution >= 0.6 is 0 Å². The van der Waals surface area contributed by atoms with Crippen molar-refractivity contribution in [3.8, 4) is 0 Å². The van der Waals surface area contributed by atoms with Crippen molar-refractivity contribution in [1.82, 2.24) is 0 Å². The van der Waals surface area contributed by atoms with Crippen LogP contribution in [-0.2, 0) is 4.79 Å². The fraction of sp³-hybridized carbons (Fsp3) is 0.857. The van der Waals surface area contributed by atoms with Gasteiger partial charge in [-0.2, -0.15) is 0 Å². The Labute approximate surface area is 58.4 Å². The fourth-order valence-electron chi connectivity index (χ4n) is 1.20. The van der Waals surface area contributed by atoms with E-state index in [4.69, 9.17) is 0 Å². The maximum absolute atomic E-state index is 12.9. The van der Waals surface area contributed by atoms with Gasteiger partial charge < -0.3 is 0 Å². The Balaban J connectivity index is 2.69. The van der Waals surface area contributed by atoms with Crippen LogP contribution in [0.15, 0.2) is 0 Å². The van der Waals surface area contributed by atoms with E-state index in [9.17, 15) is 13.6 Å². The number of halogens is 2. The molecule has 10 heavy (non-hydrogen) atoms. The van der Waals surface area contributed by atoms with Crippen LogP contribution in [0.3, 0.4) is 0 Å². The number of rotatable bonds is 0. The Kier molecular flexibility index (Phi) is 1.75. The molecule has 1 saturated carbocycles. The van der Waals surface area contributed by atoms with Gasteiger partial charge in [-0.05, 0) is 19.8 Å². The van der Waals surface area contributed by atoms with Gasteiger partial charge in [-0.3, -0.25) is 4.79 Å². The molecule has 2 atom stereocenters. The van der Waals surface area contributed by atoms with E-state index >= 15 is 0 Å². The van der Waals surface area contributed by atoms with Crippen LogP contribution in [-0.4, -0.2) is 17.6 Å². The van der Waals surface area contributed by atoms with Gasteiger partial charge >= 0.3 is 0 Å². The van der Waals surface area contributed by atoms with E-state index in [1.165, 1.54) is 0 Å². The lowest BCUT2D eigenvalue weighted by Crippen LogP contribution is -2.41. The molecule has 1 fully saturated rings. The highest BCUT2D eigenvalue weighted by atomic mass is 19.2. The first-order chi connectivity index (χ1) is 4.54. The molecule has 0 heterocycles. The highest BCUT2D eigenvalue weighted by molar-refractivity contribution is 5.85. The largest absolute Gasteiger partial charge is 0.296 e. The summed E-state index contributed by atoms with van der Waals surface area (Å²) < 4.78 is 25.5. The number of carbonyl (C=O) groups is 1. The minimum atomic E-state index is -1.91. The molecule has 0 spiro atoms. The molecule has 0 amide bonds. The maximum atomic E-state index is 12.9. The van der Waals surface area contributed by atoms with Crippen LogP contribution in [0.5, 0.6) is 0 Å². The minimum absolute atomic E-state index is 0.167. The number of hydrogen-bond acceptors (Lipinski definition) is 1. The SMILES string of the molecule is C[C@@]1(F)CCCC(=O)[C@H]1F. The molecule has 58 valence electrons. The first-order valence-electron chi connectivity index (χ1n) is 3.40. The Morgan fingerprint density at radius 3 is 2.70 bits per heavy atom. The molecule has 0 aromatic heterocycles. The minimum Gasteiger partial charge on any atom is -0.296 e. The van der Waals surface area contributed by atoms with Crippen molar-refractivity contribution in [2.75, 3.05) is 0 Å². The van der Waals surface area contributed by atoms with Crippen molar-refractivity contribution in [2.24, 2.45) is 0 Å². The third-order valence-electron chi connectivity index (χ3n) is 1.90. The molecule has 1 aliphatic carbocycles. The molecular formula is C7H10F2O. The van der Waals surface area contributed by atoms with Gasteiger partial charge in [0.1, 0.15) is 5.67 Å². The second-order valence-electron chi connectivity index (χ2n) is 2.96. The lowest BCUT2D eigenvalue weighted by Gasteiger charge is -2.27. The predicted octanol–water partition coefficient (Wildman–Crippen LogP) is 1.81. The van der Waals surface area contributed by atoms with Crippen LogP contribution in [0.1, 0.15) is 26.2 Å². The molecule has 0 unspecified atom stereocenters. The van der Waals surface area contributed by atoms with Gasteiger partial charge in [-0.15, -0.1) is 0 Å². The highest BCUT2D eigenvalue weighted by Crippen LogP contribution is 2.31. The number of carbonyl (C=O) groups excluding carboxylic acids is 1. The first-order valence-corrected chi connectivity index (χ1v) is 3.40. The summed E-state index contributed by atoms with van der Waals surface area (Å²) in [5, 5.41) is 0.